The Morgan fingerprint density at radius 2 is 1.90 bits per heavy atom. The smallest absolute Gasteiger partial charge is 0.161 e. The lowest BCUT2D eigenvalue weighted by Gasteiger charge is -2.29. The first-order valence-corrected chi connectivity index (χ1v) is 7.90. The molecule has 0 atom stereocenters. The fraction of sp³-hybridized carbons (Fsp3) is 0.333. The molecule has 2 heterocycles. The van der Waals surface area contributed by atoms with Crippen molar-refractivity contribution in [1.82, 2.24) is 9.97 Å². The highest BCUT2D eigenvalue weighted by Gasteiger charge is 2.17. The summed E-state index contributed by atoms with van der Waals surface area (Å²) in [5.41, 5.74) is 1.05. The molecule has 3 rings (SSSR count). The van der Waals surface area contributed by atoms with E-state index < -0.39 is 0 Å². The monoisotopic (exact) mass is 287 g/mol. The molecule has 0 amide bonds. The van der Waals surface area contributed by atoms with Crippen molar-refractivity contribution in [3.63, 3.8) is 0 Å². The Labute approximate surface area is 123 Å². The largest absolute Gasteiger partial charge is 0.378 e. The number of anilines is 1. The third-order valence-corrected chi connectivity index (χ3v) is 4.03. The summed E-state index contributed by atoms with van der Waals surface area (Å²) in [6.45, 7) is 3.30. The van der Waals surface area contributed by atoms with Crippen molar-refractivity contribution >= 4 is 17.6 Å². The molecule has 0 bridgehead atoms. The number of hydrogen-bond acceptors (Lipinski definition) is 5. The van der Waals surface area contributed by atoms with Gasteiger partial charge in [-0.1, -0.05) is 30.3 Å². The topological polar surface area (TPSA) is 38.2 Å². The predicted octanol–water partition coefficient (Wildman–Crippen LogP) is 2.70. The molecule has 0 N–H and O–H groups in total. The molecule has 1 aliphatic heterocycles. The first kappa shape index (κ1) is 13.4. The normalized spacial score (nSPS) is 15.3. The first-order chi connectivity index (χ1) is 9.88. The van der Waals surface area contributed by atoms with Crippen LogP contribution in [0.3, 0.4) is 0 Å². The Balaban J connectivity index is 1.98. The summed E-state index contributed by atoms with van der Waals surface area (Å²) in [5, 5.41) is 0. The van der Waals surface area contributed by atoms with Crippen molar-refractivity contribution in [3.05, 3.63) is 36.5 Å². The first-order valence-electron chi connectivity index (χ1n) is 6.67. The van der Waals surface area contributed by atoms with E-state index in [1.165, 1.54) is 0 Å². The second-order valence-electron chi connectivity index (χ2n) is 4.55. The van der Waals surface area contributed by atoms with E-state index >= 15 is 0 Å². The molecule has 1 saturated heterocycles. The van der Waals surface area contributed by atoms with Crippen LogP contribution in [0.2, 0.25) is 0 Å². The van der Waals surface area contributed by atoms with Crippen LogP contribution in [0.1, 0.15) is 0 Å². The Morgan fingerprint density at radius 1 is 1.15 bits per heavy atom. The van der Waals surface area contributed by atoms with E-state index in [9.17, 15) is 0 Å². The summed E-state index contributed by atoms with van der Waals surface area (Å²) in [7, 11) is 0. The van der Waals surface area contributed by atoms with Gasteiger partial charge in [0.25, 0.3) is 0 Å². The van der Waals surface area contributed by atoms with Gasteiger partial charge in [0.1, 0.15) is 5.82 Å². The van der Waals surface area contributed by atoms with Gasteiger partial charge >= 0.3 is 0 Å². The number of morpholine rings is 1. The lowest BCUT2D eigenvalue weighted by molar-refractivity contribution is 0.122. The highest BCUT2D eigenvalue weighted by Crippen LogP contribution is 2.28. The quantitative estimate of drug-likeness (QED) is 0.812. The highest BCUT2D eigenvalue weighted by molar-refractivity contribution is 7.98. The highest BCUT2D eigenvalue weighted by atomic mass is 32.2. The molecule has 1 aromatic carbocycles. The number of nitrogens with zero attached hydrogens (tertiary/aromatic N) is 3. The minimum atomic E-state index is 0.762. The maximum Gasteiger partial charge on any atom is 0.161 e. The predicted molar refractivity (Wildman–Crippen MR) is 82.3 cm³/mol. The fourth-order valence-corrected chi connectivity index (χ4v) is 2.75. The molecule has 0 aliphatic carbocycles. The Kier molecular flexibility index (Phi) is 4.18. The maximum absolute atomic E-state index is 5.42. The van der Waals surface area contributed by atoms with Gasteiger partial charge in [0, 0.05) is 24.8 Å². The van der Waals surface area contributed by atoms with E-state index in [4.69, 9.17) is 9.72 Å². The van der Waals surface area contributed by atoms with Gasteiger partial charge < -0.3 is 9.64 Å². The van der Waals surface area contributed by atoms with Crippen LogP contribution in [0.15, 0.2) is 41.4 Å². The lowest BCUT2D eigenvalue weighted by Crippen LogP contribution is -2.37. The van der Waals surface area contributed by atoms with Crippen molar-refractivity contribution in [1.29, 1.82) is 0 Å². The van der Waals surface area contributed by atoms with E-state index in [1.807, 2.05) is 36.5 Å². The van der Waals surface area contributed by atoms with Crippen molar-refractivity contribution in [2.75, 3.05) is 37.5 Å². The molecular formula is C15H17N3OS. The van der Waals surface area contributed by atoms with Crippen molar-refractivity contribution < 1.29 is 4.74 Å². The number of rotatable bonds is 3. The van der Waals surface area contributed by atoms with E-state index in [2.05, 4.69) is 16.1 Å². The molecule has 2 aromatic rings. The summed E-state index contributed by atoms with van der Waals surface area (Å²) >= 11 is 1.69. The summed E-state index contributed by atoms with van der Waals surface area (Å²) in [5.74, 6) is 1.81. The Bertz CT molecular complexity index is 571. The molecule has 104 valence electrons. The molecule has 1 aromatic heterocycles. The molecule has 0 unspecified atom stereocenters. The number of aromatic nitrogens is 2. The maximum atomic E-state index is 5.42. The van der Waals surface area contributed by atoms with E-state index in [-0.39, 0.29) is 0 Å². The fourth-order valence-electron chi connectivity index (χ4n) is 2.23. The number of ether oxygens (including phenoxy) is 1. The third-order valence-electron chi connectivity index (χ3n) is 3.30. The zero-order valence-electron chi connectivity index (χ0n) is 11.5. The van der Waals surface area contributed by atoms with Crippen LogP contribution in [0.4, 0.5) is 5.82 Å². The summed E-state index contributed by atoms with van der Waals surface area (Å²) in [6.07, 6.45) is 3.98. The number of hydrogen-bond donors (Lipinski definition) is 0. The third kappa shape index (κ3) is 2.78. The summed E-state index contributed by atoms with van der Waals surface area (Å²) in [6, 6.07) is 10.1. The van der Waals surface area contributed by atoms with Crippen LogP contribution >= 0.6 is 11.8 Å². The van der Waals surface area contributed by atoms with Crippen molar-refractivity contribution in [2.45, 2.75) is 4.90 Å². The van der Waals surface area contributed by atoms with Gasteiger partial charge in [0.2, 0.25) is 0 Å². The average Bonchev–Trinajstić information content (AvgIpc) is 2.56. The molecule has 5 heteroatoms. The minimum Gasteiger partial charge on any atom is -0.378 e. The second-order valence-corrected chi connectivity index (χ2v) is 5.40. The molecule has 1 fully saturated rings. The number of benzene rings is 1. The van der Waals surface area contributed by atoms with E-state index in [0.717, 1.165) is 48.4 Å². The molecule has 4 nitrogen and oxygen atoms in total. The van der Waals surface area contributed by atoms with Gasteiger partial charge in [-0.15, -0.1) is 11.8 Å². The SMILES string of the molecule is CSc1cnc(-c2ccccc2)nc1N1CCOCC1. The standard InChI is InChI=1S/C15H17N3OS/c1-20-13-11-16-14(12-5-3-2-4-6-12)17-15(13)18-7-9-19-10-8-18/h2-6,11H,7-10H2,1H3. The van der Waals surface area contributed by atoms with Gasteiger partial charge in [-0.3, -0.25) is 0 Å². The van der Waals surface area contributed by atoms with Crippen molar-refractivity contribution in [3.8, 4) is 11.4 Å². The number of thioether (sulfide) groups is 1. The van der Waals surface area contributed by atoms with Gasteiger partial charge in [0.05, 0.1) is 18.1 Å². The van der Waals surface area contributed by atoms with Crippen LogP contribution in [0.5, 0.6) is 0 Å². The molecule has 0 radical (unpaired) electrons. The molecular weight excluding hydrogens is 270 g/mol. The van der Waals surface area contributed by atoms with Crippen molar-refractivity contribution in [2.24, 2.45) is 0 Å². The van der Waals surface area contributed by atoms with Crippen LogP contribution in [-0.2, 0) is 4.74 Å². The summed E-state index contributed by atoms with van der Waals surface area (Å²) < 4.78 is 5.42. The van der Waals surface area contributed by atoms with Gasteiger partial charge in [-0.25, -0.2) is 9.97 Å². The van der Waals surface area contributed by atoms with Gasteiger partial charge in [-0.2, -0.15) is 0 Å². The zero-order chi connectivity index (χ0) is 13.8. The minimum absolute atomic E-state index is 0.762. The van der Waals surface area contributed by atoms with Gasteiger partial charge in [0.15, 0.2) is 5.82 Å². The van der Waals surface area contributed by atoms with Gasteiger partial charge in [-0.05, 0) is 6.26 Å². The van der Waals surface area contributed by atoms with Crippen LogP contribution in [0, 0.1) is 0 Å². The Hall–Kier alpha value is -1.59. The zero-order valence-corrected chi connectivity index (χ0v) is 12.3. The van der Waals surface area contributed by atoms with Crippen LogP contribution in [-0.4, -0.2) is 42.5 Å². The van der Waals surface area contributed by atoms with Crippen LogP contribution in [0.25, 0.3) is 11.4 Å². The lowest BCUT2D eigenvalue weighted by atomic mass is 10.2. The average molecular weight is 287 g/mol. The molecule has 1 aliphatic rings. The molecule has 20 heavy (non-hydrogen) atoms. The van der Waals surface area contributed by atoms with Crippen LogP contribution < -0.4 is 4.90 Å². The van der Waals surface area contributed by atoms with E-state index in [0.29, 0.717) is 0 Å². The summed E-state index contributed by atoms with van der Waals surface area (Å²) in [4.78, 5) is 12.7. The van der Waals surface area contributed by atoms with E-state index in [1.54, 1.807) is 11.8 Å². The second kappa shape index (κ2) is 6.24. The molecule has 0 saturated carbocycles. The molecule has 0 spiro atoms. The Morgan fingerprint density at radius 3 is 2.60 bits per heavy atom.